The summed E-state index contributed by atoms with van der Waals surface area (Å²) in [4.78, 5) is 16.3. The number of anilines is 1. The second-order valence-electron chi connectivity index (χ2n) is 5.32. The van der Waals surface area contributed by atoms with Crippen LogP contribution in [0.15, 0.2) is 47.5 Å². The maximum Gasteiger partial charge on any atom is 0.236 e. The molecule has 0 radical (unpaired) electrons. The fourth-order valence-corrected chi connectivity index (χ4v) is 3.68. The van der Waals surface area contributed by atoms with Crippen LogP contribution in [-0.4, -0.2) is 31.4 Å². The fourth-order valence-electron chi connectivity index (χ4n) is 2.23. The van der Waals surface area contributed by atoms with Crippen molar-refractivity contribution in [2.75, 3.05) is 11.1 Å². The highest BCUT2D eigenvalue weighted by molar-refractivity contribution is 7.99. The summed E-state index contributed by atoms with van der Waals surface area (Å²) in [6.45, 7) is 5.99. The fraction of sp³-hybridized carbons (Fsp3) is 0.176. The molecular weight excluding hydrogens is 373 g/mol. The van der Waals surface area contributed by atoms with E-state index < -0.39 is 0 Å². The topological polar surface area (TPSA) is 72.7 Å². The van der Waals surface area contributed by atoms with Gasteiger partial charge in [0.15, 0.2) is 16.1 Å². The molecule has 134 valence electrons. The minimum Gasteiger partial charge on any atom is -0.301 e. The van der Waals surface area contributed by atoms with E-state index >= 15 is 0 Å². The zero-order valence-corrected chi connectivity index (χ0v) is 15.6. The van der Waals surface area contributed by atoms with Crippen molar-refractivity contribution in [1.82, 2.24) is 19.7 Å². The van der Waals surface area contributed by atoms with Crippen molar-refractivity contribution in [3.63, 3.8) is 0 Å². The van der Waals surface area contributed by atoms with E-state index in [0.717, 1.165) is 5.69 Å². The standard InChI is InChI=1S/C17H16FN5OS2/c1-3-8-23-15(12-6-4-5-7-13(12)18)21-22-17(23)26-10-14(24)20-16-19-11(2)9-25-16/h3-7,9H,1,8,10H2,2H3,(H,19,20,24). The van der Waals surface area contributed by atoms with E-state index in [1.165, 1.54) is 29.2 Å². The Morgan fingerprint density at radius 1 is 1.42 bits per heavy atom. The molecule has 2 heterocycles. The molecule has 2 aromatic heterocycles. The van der Waals surface area contributed by atoms with Crippen molar-refractivity contribution < 1.29 is 9.18 Å². The Hall–Kier alpha value is -2.52. The first-order valence-corrected chi connectivity index (χ1v) is 9.58. The number of halogens is 1. The van der Waals surface area contributed by atoms with Crippen molar-refractivity contribution in [3.05, 3.63) is 53.8 Å². The molecule has 0 aliphatic rings. The maximum atomic E-state index is 14.1. The number of allylic oxidation sites excluding steroid dienone is 1. The highest BCUT2D eigenvalue weighted by atomic mass is 32.2. The van der Waals surface area contributed by atoms with Crippen molar-refractivity contribution in [3.8, 4) is 11.4 Å². The van der Waals surface area contributed by atoms with Crippen LogP contribution in [0.25, 0.3) is 11.4 Å². The number of thioether (sulfide) groups is 1. The molecule has 0 saturated carbocycles. The summed E-state index contributed by atoms with van der Waals surface area (Å²) in [6, 6.07) is 6.37. The van der Waals surface area contributed by atoms with Gasteiger partial charge in [-0.1, -0.05) is 30.0 Å². The van der Waals surface area contributed by atoms with Crippen LogP contribution in [0.1, 0.15) is 5.69 Å². The van der Waals surface area contributed by atoms with Crippen molar-refractivity contribution in [1.29, 1.82) is 0 Å². The van der Waals surface area contributed by atoms with Gasteiger partial charge in [-0.2, -0.15) is 0 Å². The number of amides is 1. The summed E-state index contributed by atoms with van der Waals surface area (Å²) in [6.07, 6.45) is 1.68. The molecule has 1 amide bonds. The molecule has 0 saturated heterocycles. The number of nitrogens with zero attached hydrogens (tertiary/aromatic N) is 4. The van der Waals surface area contributed by atoms with Gasteiger partial charge in [0.1, 0.15) is 5.82 Å². The van der Waals surface area contributed by atoms with Crippen LogP contribution >= 0.6 is 23.1 Å². The zero-order valence-electron chi connectivity index (χ0n) is 14.0. The van der Waals surface area contributed by atoms with Crippen LogP contribution in [0.2, 0.25) is 0 Å². The second kappa shape index (κ2) is 8.24. The van der Waals surface area contributed by atoms with Crippen molar-refractivity contribution in [2.24, 2.45) is 0 Å². The Bertz CT molecular complexity index is 937. The lowest BCUT2D eigenvalue weighted by Crippen LogP contribution is -2.14. The predicted molar refractivity (Wildman–Crippen MR) is 102 cm³/mol. The number of rotatable bonds is 7. The summed E-state index contributed by atoms with van der Waals surface area (Å²) in [5.74, 6) is -0.0180. The van der Waals surface area contributed by atoms with Gasteiger partial charge in [-0.3, -0.25) is 9.36 Å². The first-order valence-electron chi connectivity index (χ1n) is 7.72. The lowest BCUT2D eigenvalue weighted by molar-refractivity contribution is -0.113. The molecule has 9 heteroatoms. The zero-order chi connectivity index (χ0) is 18.5. The Morgan fingerprint density at radius 2 is 2.23 bits per heavy atom. The molecule has 0 spiro atoms. The lowest BCUT2D eigenvalue weighted by atomic mass is 10.2. The third kappa shape index (κ3) is 4.17. The van der Waals surface area contributed by atoms with Crippen molar-refractivity contribution in [2.45, 2.75) is 18.6 Å². The van der Waals surface area contributed by atoms with Crippen molar-refractivity contribution >= 4 is 34.1 Å². The van der Waals surface area contributed by atoms with Gasteiger partial charge in [0, 0.05) is 11.9 Å². The summed E-state index contributed by atoms with van der Waals surface area (Å²) >= 11 is 2.60. The van der Waals surface area contributed by atoms with E-state index in [0.29, 0.717) is 28.2 Å². The van der Waals surface area contributed by atoms with Crippen LogP contribution in [0.3, 0.4) is 0 Å². The van der Waals surface area contributed by atoms with Gasteiger partial charge in [-0.05, 0) is 19.1 Å². The number of carbonyl (C=O) groups is 1. The molecule has 6 nitrogen and oxygen atoms in total. The van der Waals surface area contributed by atoms with Crippen LogP contribution in [-0.2, 0) is 11.3 Å². The number of hydrogen-bond donors (Lipinski definition) is 1. The van der Waals surface area contributed by atoms with E-state index in [-0.39, 0.29) is 17.5 Å². The molecule has 3 aromatic rings. The molecule has 1 N–H and O–H groups in total. The highest BCUT2D eigenvalue weighted by Crippen LogP contribution is 2.26. The molecule has 0 fully saturated rings. The molecular formula is C17H16FN5OS2. The quantitative estimate of drug-likeness (QED) is 0.492. The number of aromatic nitrogens is 4. The summed E-state index contributed by atoms with van der Waals surface area (Å²) in [5.41, 5.74) is 1.22. The highest BCUT2D eigenvalue weighted by Gasteiger charge is 2.17. The van der Waals surface area contributed by atoms with Gasteiger partial charge in [-0.25, -0.2) is 9.37 Å². The number of hydrogen-bond acceptors (Lipinski definition) is 6. The largest absolute Gasteiger partial charge is 0.301 e. The number of aryl methyl sites for hydroxylation is 1. The SMILES string of the molecule is C=CCn1c(SCC(=O)Nc2nc(C)cs2)nnc1-c1ccccc1F. The molecule has 0 unspecified atom stereocenters. The van der Waals surface area contributed by atoms with E-state index in [4.69, 9.17) is 0 Å². The molecule has 3 rings (SSSR count). The molecule has 0 bridgehead atoms. The summed E-state index contributed by atoms with van der Waals surface area (Å²) in [5, 5.41) is 13.9. The number of benzene rings is 1. The molecule has 0 atom stereocenters. The summed E-state index contributed by atoms with van der Waals surface area (Å²) < 4.78 is 15.8. The van der Waals surface area contributed by atoms with Gasteiger partial charge in [0.2, 0.25) is 5.91 Å². The van der Waals surface area contributed by atoms with Gasteiger partial charge in [0.25, 0.3) is 0 Å². The first kappa shape index (κ1) is 18.3. The Labute approximate surface area is 158 Å². The number of thiazole rings is 1. The van der Waals surface area contributed by atoms with E-state index in [1.54, 1.807) is 28.8 Å². The normalized spacial score (nSPS) is 10.7. The van der Waals surface area contributed by atoms with E-state index in [9.17, 15) is 9.18 Å². The number of nitrogens with one attached hydrogen (secondary N) is 1. The monoisotopic (exact) mass is 389 g/mol. The molecule has 0 aliphatic heterocycles. The van der Waals surface area contributed by atoms with Crippen LogP contribution < -0.4 is 5.32 Å². The van der Waals surface area contributed by atoms with E-state index in [2.05, 4.69) is 27.1 Å². The van der Waals surface area contributed by atoms with Crippen LogP contribution in [0.5, 0.6) is 0 Å². The average Bonchev–Trinajstić information content (AvgIpc) is 3.20. The second-order valence-corrected chi connectivity index (χ2v) is 7.12. The lowest BCUT2D eigenvalue weighted by Gasteiger charge is -2.08. The van der Waals surface area contributed by atoms with Crippen LogP contribution in [0.4, 0.5) is 9.52 Å². The predicted octanol–water partition coefficient (Wildman–Crippen LogP) is 3.77. The smallest absolute Gasteiger partial charge is 0.236 e. The Morgan fingerprint density at radius 3 is 2.92 bits per heavy atom. The van der Waals surface area contributed by atoms with Gasteiger partial charge in [-0.15, -0.1) is 28.1 Å². The average molecular weight is 389 g/mol. The first-order chi connectivity index (χ1) is 12.6. The minimum atomic E-state index is -0.376. The molecule has 0 aliphatic carbocycles. The third-order valence-electron chi connectivity index (χ3n) is 3.34. The van der Waals surface area contributed by atoms with Crippen LogP contribution in [0, 0.1) is 12.7 Å². The summed E-state index contributed by atoms with van der Waals surface area (Å²) in [7, 11) is 0. The third-order valence-corrected chi connectivity index (χ3v) is 5.18. The molecule has 26 heavy (non-hydrogen) atoms. The van der Waals surface area contributed by atoms with Gasteiger partial charge < -0.3 is 5.32 Å². The molecule has 1 aromatic carbocycles. The minimum absolute atomic E-state index is 0.144. The van der Waals surface area contributed by atoms with E-state index in [1.807, 2.05) is 12.3 Å². The Balaban J connectivity index is 1.74. The Kier molecular flexibility index (Phi) is 5.79. The number of carbonyl (C=O) groups excluding carboxylic acids is 1. The maximum absolute atomic E-state index is 14.1. The van der Waals surface area contributed by atoms with Gasteiger partial charge >= 0.3 is 0 Å². The van der Waals surface area contributed by atoms with Gasteiger partial charge in [0.05, 0.1) is 17.0 Å².